The molecule has 0 bridgehead atoms. The van der Waals surface area contributed by atoms with E-state index in [1.165, 1.54) is 0 Å². The zero-order chi connectivity index (χ0) is 14.6. The first-order valence-corrected chi connectivity index (χ1v) is 7.48. The van der Waals surface area contributed by atoms with Crippen molar-refractivity contribution >= 4 is 16.8 Å². The molecule has 0 unspecified atom stereocenters. The smallest absolute Gasteiger partial charge is 0.179 e. The molecule has 1 saturated carbocycles. The van der Waals surface area contributed by atoms with E-state index in [4.69, 9.17) is 0 Å². The molecule has 1 fully saturated rings. The van der Waals surface area contributed by atoms with Crippen LogP contribution in [0.15, 0.2) is 18.5 Å². The van der Waals surface area contributed by atoms with Gasteiger partial charge in [-0.05, 0) is 31.7 Å². The summed E-state index contributed by atoms with van der Waals surface area (Å²) in [7, 11) is 0. The molecule has 4 rings (SSSR count). The molecule has 0 aromatic carbocycles. The summed E-state index contributed by atoms with van der Waals surface area (Å²) in [5.41, 5.74) is 1.98. The Hall–Kier alpha value is -1.95. The first kappa shape index (κ1) is 12.8. The number of aliphatic hydroxyl groups is 1. The van der Waals surface area contributed by atoms with Crippen molar-refractivity contribution in [3.05, 3.63) is 24.3 Å². The Morgan fingerprint density at radius 1 is 1.43 bits per heavy atom. The molecule has 3 atom stereocenters. The fraction of sp³-hybridized carbons (Fsp3) is 0.533. The summed E-state index contributed by atoms with van der Waals surface area (Å²) in [5.74, 6) is 1.62. The zero-order valence-electron chi connectivity index (χ0n) is 12.2. The van der Waals surface area contributed by atoms with Crippen molar-refractivity contribution in [1.29, 1.82) is 0 Å². The molecular weight excluding hydrogens is 266 g/mol. The average molecular weight is 285 g/mol. The van der Waals surface area contributed by atoms with E-state index in [0.29, 0.717) is 5.92 Å². The van der Waals surface area contributed by atoms with E-state index in [9.17, 15) is 5.11 Å². The molecule has 21 heavy (non-hydrogen) atoms. The molecule has 1 aliphatic carbocycles. The maximum atomic E-state index is 10.4. The quantitative estimate of drug-likeness (QED) is 0.757. The van der Waals surface area contributed by atoms with Gasteiger partial charge in [-0.15, -0.1) is 10.2 Å². The molecule has 6 heteroatoms. The Morgan fingerprint density at radius 3 is 3.10 bits per heavy atom. The van der Waals surface area contributed by atoms with Crippen LogP contribution in [0.3, 0.4) is 0 Å². The number of H-pyrrole nitrogens is 1. The zero-order valence-corrected chi connectivity index (χ0v) is 12.2. The minimum Gasteiger partial charge on any atom is -0.390 e. The molecule has 3 aromatic heterocycles. The Balaban J connectivity index is 1.92. The maximum Gasteiger partial charge on any atom is 0.179 e. The van der Waals surface area contributed by atoms with E-state index in [-0.39, 0.29) is 5.92 Å². The molecule has 2 N–H and O–H groups in total. The van der Waals surface area contributed by atoms with Gasteiger partial charge in [0, 0.05) is 12.1 Å². The lowest BCUT2D eigenvalue weighted by atomic mass is 9.93. The summed E-state index contributed by atoms with van der Waals surface area (Å²) < 4.78 is 2.08. The highest BCUT2D eigenvalue weighted by molar-refractivity contribution is 5.74. The number of aromatic amines is 1. The van der Waals surface area contributed by atoms with Crippen LogP contribution in [0.1, 0.15) is 44.9 Å². The van der Waals surface area contributed by atoms with Crippen LogP contribution in [-0.2, 0) is 0 Å². The van der Waals surface area contributed by atoms with E-state index in [0.717, 1.165) is 41.9 Å². The molecular formula is C15H19N5O. The number of fused-ring (bicyclic) bond motifs is 3. The van der Waals surface area contributed by atoms with E-state index >= 15 is 0 Å². The molecule has 6 nitrogen and oxygen atoms in total. The molecule has 0 aliphatic heterocycles. The van der Waals surface area contributed by atoms with Crippen LogP contribution in [0.25, 0.3) is 16.8 Å². The number of hydrogen-bond donors (Lipinski definition) is 2. The van der Waals surface area contributed by atoms with Crippen molar-refractivity contribution in [2.75, 3.05) is 0 Å². The van der Waals surface area contributed by atoms with E-state index in [1.807, 2.05) is 19.2 Å². The average Bonchev–Trinajstić information content (AvgIpc) is 3.12. The second kappa shape index (κ2) is 4.27. The van der Waals surface area contributed by atoms with Gasteiger partial charge in [0.15, 0.2) is 11.3 Å². The molecule has 0 spiro atoms. The summed E-state index contributed by atoms with van der Waals surface area (Å²) in [6.07, 6.45) is 6.22. The van der Waals surface area contributed by atoms with Crippen molar-refractivity contribution in [2.24, 2.45) is 5.92 Å². The number of hydrogen-bond acceptors (Lipinski definition) is 4. The molecule has 0 radical (unpaired) electrons. The minimum atomic E-state index is -0.610. The Kier molecular flexibility index (Phi) is 2.60. The molecule has 110 valence electrons. The Labute approximate surface area is 122 Å². The van der Waals surface area contributed by atoms with Gasteiger partial charge in [0.25, 0.3) is 0 Å². The summed E-state index contributed by atoms with van der Waals surface area (Å²) in [5, 5.41) is 19.1. The highest BCUT2D eigenvalue weighted by Gasteiger charge is 2.42. The largest absolute Gasteiger partial charge is 0.390 e. The number of nitrogens with zero attached hydrogens (tertiary/aromatic N) is 4. The van der Waals surface area contributed by atoms with Crippen LogP contribution in [0, 0.1) is 5.92 Å². The van der Waals surface area contributed by atoms with E-state index in [1.54, 1.807) is 6.20 Å². The SMILES string of the molecule is CC[C@@H]1C[C@](C)(O)C[C@@H]1c1nnc2cnc3[nH]ccc3n12. The fourth-order valence-corrected chi connectivity index (χ4v) is 3.80. The Morgan fingerprint density at radius 2 is 2.29 bits per heavy atom. The predicted octanol–water partition coefficient (Wildman–Crippen LogP) is 2.26. The van der Waals surface area contributed by atoms with Crippen LogP contribution in [0.2, 0.25) is 0 Å². The van der Waals surface area contributed by atoms with Gasteiger partial charge < -0.3 is 10.1 Å². The summed E-state index contributed by atoms with van der Waals surface area (Å²) in [6, 6.07) is 2.00. The molecule has 0 amide bonds. The number of aromatic nitrogens is 5. The standard InChI is InChI=1S/C15H19N5O/c1-3-9-6-15(2,21)7-10(9)14-19-18-12-8-17-13-11(20(12)14)4-5-16-13/h4-5,8-10,16,21H,3,6-7H2,1-2H3/t9-,10+,15+/m1/s1. The lowest BCUT2D eigenvalue weighted by molar-refractivity contribution is 0.0624. The number of nitrogens with one attached hydrogen (secondary N) is 1. The Bertz CT molecular complexity index is 803. The van der Waals surface area contributed by atoms with Crippen LogP contribution < -0.4 is 0 Å². The van der Waals surface area contributed by atoms with Gasteiger partial charge in [-0.1, -0.05) is 13.3 Å². The molecule has 1 aliphatic rings. The first-order valence-electron chi connectivity index (χ1n) is 7.48. The molecule has 3 heterocycles. The highest BCUT2D eigenvalue weighted by atomic mass is 16.3. The van der Waals surface area contributed by atoms with Crippen molar-refractivity contribution in [1.82, 2.24) is 24.6 Å². The summed E-state index contributed by atoms with van der Waals surface area (Å²) >= 11 is 0. The maximum absolute atomic E-state index is 10.4. The lowest BCUT2D eigenvalue weighted by Gasteiger charge is -2.16. The summed E-state index contributed by atoms with van der Waals surface area (Å²) in [6.45, 7) is 4.10. The second-order valence-corrected chi connectivity index (χ2v) is 6.40. The number of rotatable bonds is 2. The van der Waals surface area contributed by atoms with Gasteiger partial charge in [0.2, 0.25) is 0 Å². The lowest BCUT2D eigenvalue weighted by Crippen LogP contribution is -2.19. The van der Waals surface area contributed by atoms with Gasteiger partial charge in [0.1, 0.15) is 5.82 Å². The third kappa shape index (κ3) is 1.86. The van der Waals surface area contributed by atoms with Gasteiger partial charge in [-0.2, -0.15) is 0 Å². The predicted molar refractivity (Wildman–Crippen MR) is 79.0 cm³/mol. The van der Waals surface area contributed by atoms with Gasteiger partial charge in [-0.25, -0.2) is 4.98 Å². The molecule has 0 saturated heterocycles. The third-order valence-corrected chi connectivity index (χ3v) is 4.75. The van der Waals surface area contributed by atoms with Gasteiger partial charge in [-0.3, -0.25) is 4.40 Å². The van der Waals surface area contributed by atoms with Crippen LogP contribution in [0.4, 0.5) is 0 Å². The van der Waals surface area contributed by atoms with Crippen molar-refractivity contribution in [2.45, 2.75) is 44.6 Å². The monoisotopic (exact) mass is 285 g/mol. The van der Waals surface area contributed by atoms with Crippen LogP contribution in [0.5, 0.6) is 0 Å². The second-order valence-electron chi connectivity index (χ2n) is 6.40. The first-order chi connectivity index (χ1) is 10.1. The minimum absolute atomic E-state index is 0.237. The topological polar surface area (TPSA) is 79.1 Å². The van der Waals surface area contributed by atoms with E-state index < -0.39 is 5.60 Å². The normalized spacial score (nSPS) is 29.7. The van der Waals surface area contributed by atoms with Gasteiger partial charge >= 0.3 is 0 Å². The fourth-order valence-electron chi connectivity index (χ4n) is 3.80. The van der Waals surface area contributed by atoms with Gasteiger partial charge in [0.05, 0.1) is 17.3 Å². The highest BCUT2D eigenvalue weighted by Crippen LogP contribution is 2.46. The van der Waals surface area contributed by atoms with Crippen LogP contribution in [-0.4, -0.2) is 35.3 Å². The third-order valence-electron chi connectivity index (χ3n) is 4.75. The van der Waals surface area contributed by atoms with Crippen LogP contribution >= 0.6 is 0 Å². The van der Waals surface area contributed by atoms with Crippen molar-refractivity contribution in [3.8, 4) is 0 Å². The summed E-state index contributed by atoms with van der Waals surface area (Å²) in [4.78, 5) is 7.47. The van der Waals surface area contributed by atoms with E-state index in [2.05, 4.69) is 31.5 Å². The van der Waals surface area contributed by atoms with Crippen molar-refractivity contribution < 1.29 is 5.11 Å². The molecule has 3 aromatic rings. The van der Waals surface area contributed by atoms with Crippen molar-refractivity contribution in [3.63, 3.8) is 0 Å².